The van der Waals surface area contributed by atoms with Gasteiger partial charge in [-0.05, 0) is 176 Å². The minimum atomic E-state index is -3.36. The summed E-state index contributed by atoms with van der Waals surface area (Å²) in [6, 6.07) is 117. The molecule has 4 aliphatic heterocycles. The third-order valence-corrected chi connectivity index (χ3v) is 33.5. The number of para-hydroxylation sites is 4. The van der Waals surface area contributed by atoms with Gasteiger partial charge >= 0.3 is 0 Å². The number of hydrogen-bond acceptors (Lipinski definition) is 4. The minimum Gasteiger partial charge on any atom is -0.292 e. The Bertz CT molecular complexity index is 6350. The Hall–Kier alpha value is -11.1. The number of hydrogen-bond donors (Lipinski definition) is 0. The van der Waals surface area contributed by atoms with Crippen molar-refractivity contribution in [3.8, 4) is 89.8 Å². The van der Waals surface area contributed by atoms with Crippen molar-refractivity contribution in [3.05, 3.63) is 303 Å². The predicted octanol–water partition coefficient (Wildman–Crippen LogP) is 16.8. The number of thiophene rings is 2. The van der Waals surface area contributed by atoms with Gasteiger partial charge in [-0.3, -0.25) is 9.13 Å². The van der Waals surface area contributed by atoms with E-state index >= 15 is 0 Å². The normalized spacial score (nSPS) is 14.9. The van der Waals surface area contributed by atoms with E-state index in [2.05, 4.69) is 312 Å². The fourth-order valence-corrected chi connectivity index (χ4v) is 31.3. The first-order valence-electron chi connectivity index (χ1n) is 32.4. The molecule has 0 radical (unpaired) electrons. The molecule has 8 heteroatoms. The molecule has 22 rings (SSSR count). The van der Waals surface area contributed by atoms with E-state index in [1.54, 1.807) is 0 Å². The smallest absolute Gasteiger partial charge is 0.185 e. The van der Waals surface area contributed by atoms with Gasteiger partial charge in [-0.15, -0.1) is 22.7 Å². The van der Waals surface area contributed by atoms with Crippen molar-refractivity contribution < 1.29 is 0 Å². The SMILES string of the molecule is c1ccc2c(c1)-c1ccccc1[Si]1(c3ccccc3-2)c2cc3sc4ccccc4c3cc2-c2ccc(-c3ccc4c(c3)nc3n4-c4ccccc4[Si]4(c5ccccc5-c5nc6ccccc6n5-c5ccccc54)c4ccccc4-3)cc2-c2cc3c(cc21)sc1ccccc13. The third kappa shape index (κ3) is 6.54. The molecule has 0 N–H and O–H groups in total. The van der Waals surface area contributed by atoms with E-state index < -0.39 is 16.1 Å². The van der Waals surface area contributed by atoms with Gasteiger partial charge in [0.25, 0.3) is 0 Å². The van der Waals surface area contributed by atoms with Crippen LogP contribution < -0.4 is 41.5 Å². The van der Waals surface area contributed by atoms with E-state index in [-0.39, 0.29) is 0 Å². The van der Waals surface area contributed by atoms with Gasteiger partial charge in [0, 0.05) is 62.8 Å². The zero-order valence-corrected chi connectivity index (χ0v) is 54.1. The van der Waals surface area contributed by atoms with Crippen LogP contribution in [-0.2, 0) is 0 Å². The monoisotopic (exact) mass is 1260 g/mol. The van der Waals surface area contributed by atoms with Crippen LogP contribution in [0.1, 0.15) is 0 Å². The topological polar surface area (TPSA) is 35.6 Å². The van der Waals surface area contributed by atoms with E-state index in [4.69, 9.17) is 9.97 Å². The van der Waals surface area contributed by atoms with Gasteiger partial charge in [0.1, 0.15) is 11.6 Å². The fraction of sp³-hybridized carbons (Fsp3) is 0. The summed E-state index contributed by atoms with van der Waals surface area (Å²) in [4.78, 5) is 11.4. The lowest BCUT2D eigenvalue weighted by atomic mass is 9.90. The number of benzene rings is 14. The van der Waals surface area contributed by atoms with Gasteiger partial charge < -0.3 is 0 Å². The van der Waals surface area contributed by atoms with Crippen molar-refractivity contribution in [2.24, 2.45) is 0 Å². The first-order chi connectivity index (χ1) is 46.6. The van der Waals surface area contributed by atoms with E-state index in [1.165, 1.54) is 138 Å². The van der Waals surface area contributed by atoms with Crippen LogP contribution in [0.3, 0.4) is 0 Å². The highest BCUT2D eigenvalue weighted by atomic mass is 32.1. The second-order valence-electron chi connectivity index (χ2n) is 25.7. The molecule has 4 aromatic heterocycles. The number of fused-ring (bicyclic) bond motifs is 38. The van der Waals surface area contributed by atoms with Gasteiger partial charge in [-0.25, -0.2) is 9.97 Å². The number of aromatic nitrogens is 4. The summed E-state index contributed by atoms with van der Waals surface area (Å²) in [6.07, 6.45) is 0. The highest BCUT2D eigenvalue weighted by Crippen LogP contribution is 2.48. The quantitative estimate of drug-likeness (QED) is 0.154. The lowest BCUT2D eigenvalue weighted by Crippen LogP contribution is -2.75. The van der Waals surface area contributed by atoms with Crippen LogP contribution in [0.2, 0.25) is 0 Å². The molecule has 434 valence electrons. The van der Waals surface area contributed by atoms with Crippen LogP contribution >= 0.6 is 22.7 Å². The van der Waals surface area contributed by atoms with Gasteiger partial charge in [0.15, 0.2) is 16.1 Å². The molecule has 14 aromatic carbocycles. The number of nitrogens with zero attached hydrogens (tertiary/aromatic N) is 4. The largest absolute Gasteiger partial charge is 0.292 e. The van der Waals surface area contributed by atoms with Gasteiger partial charge in [0.05, 0.1) is 22.1 Å². The molecule has 0 amide bonds. The molecule has 94 heavy (non-hydrogen) atoms. The first-order valence-corrected chi connectivity index (χ1v) is 38.0. The molecule has 0 saturated carbocycles. The van der Waals surface area contributed by atoms with Crippen LogP contribution in [0, 0.1) is 0 Å². The molecular formula is C86H50N4S2Si2. The minimum absolute atomic E-state index is 0.954. The molecule has 0 saturated heterocycles. The standard InChI is InChI=1S/C86H50N4S2Si2/c1-2-22-54-53(21-1)58-25-5-15-35-77(58)94(78-36-16-6-26-59(54)78)83-49-75-63(56-23-3-13-33-73(56)91-75)47-65(83)55-43-41-51(45-62(55)66-48-64-57-24-4-14-34-74(57)92-76(64)50-84(66)94)52-42-44-70-68(46-52)88-86-61-28-8-18-38-80(61)93(82-40-20-12-32-72(82)90(70)86)79-37-17-7-27-60(79)85-87-67-29-9-10-30-69(67)89(85)71-31-11-19-39-81(71)93/h1-50H. The number of imidazole rings is 2. The predicted molar refractivity (Wildman–Crippen MR) is 401 cm³/mol. The van der Waals surface area contributed by atoms with Crippen LogP contribution in [-0.4, -0.2) is 35.2 Å². The molecule has 1 atom stereocenters. The van der Waals surface area contributed by atoms with Crippen molar-refractivity contribution in [2.75, 3.05) is 0 Å². The first kappa shape index (κ1) is 51.5. The third-order valence-electron chi connectivity index (χ3n) is 21.4. The van der Waals surface area contributed by atoms with Crippen LogP contribution in [0.4, 0.5) is 0 Å². The molecule has 8 heterocycles. The molecule has 4 aliphatic rings. The Morgan fingerprint density at radius 2 is 0.628 bits per heavy atom. The highest BCUT2D eigenvalue weighted by Gasteiger charge is 2.53. The van der Waals surface area contributed by atoms with Crippen molar-refractivity contribution in [2.45, 2.75) is 0 Å². The Labute approximate surface area is 550 Å². The van der Waals surface area contributed by atoms with E-state index in [1.807, 2.05) is 22.7 Å². The molecule has 0 bridgehead atoms. The lowest BCUT2D eigenvalue weighted by molar-refractivity contribution is 1.11. The van der Waals surface area contributed by atoms with E-state index in [0.717, 1.165) is 56.1 Å². The van der Waals surface area contributed by atoms with Gasteiger partial charge in [-0.1, -0.05) is 224 Å². The fourth-order valence-electron chi connectivity index (χ4n) is 17.7. The zero-order chi connectivity index (χ0) is 61.1. The van der Waals surface area contributed by atoms with Crippen LogP contribution in [0.15, 0.2) is 303 Å². The zero-order valence-electron chi connectivity index (χ0n) is 50.5. The Morgan fingerprint density at radius 1 is 0.234 bits per heavy atom. The molecule has 18 aromatic rings. The average molecular weight is 1260 g/mol. The summed E-state index contributed by atoms with van der Waals surface area (Å²) < 4.78 is 10.2. The molecule has 0 aliphatic carbocycles. The maximum atomic E-state index is 5.90. The van der Waals surface area contributed by atoms with E-state index in [0.29, 0.717) is 0 Å². The van der Waals surface area contributed by atoms with E-state index in [9.17, 15) is 0 Å². The second-order valence-corrected chi connectivity index (χ2v) is 35.2. The molecule has 4 nitrogen and oxygen atoms in total. The maximum absolute atomic E-state index is 5.90. The van der Waals surface area contributed by atoms with Crippen LogP contribution in [0.25, 0.3) is 152 Å². The average Bonchev–Trinajstić information content (AvgIpc) is 1.49. The Balaban J connectivity index is 0.808. The molecule has 1 unspecified atom stereocenters. The summed E-state index contributed by atoms with van der Waals surface area (Å²) in [6.45, 7) is 0. The maximum Gasteiger partial charge on any atom is 0.185 e. The molecule has 2 spiro atoms. The second kappa shape index (κ2) is 18.8. The Morgan fingerprint density at radius 3 is 1.20 bits per heavy atom. The van der Waals surface area contributed by atoms with Crippen molar-refractivity contribution in [1.82, 2.24) is 19.1 Å². The highest BCUT2D eigenvalue weighted by molar-refractivity contribution is 7.28. The summed E-state index contributed by atoms with van der Waals surface area (Å²) in [5, 5.41) is 16.3. The summed E-state index contributed by atoms with van der Waals surface area (Å²) in [7, 11) is -6.60. The summed E-state index contributed by atoms with van der Waals surface area (Å²) >= 11 is 3.86. The van der Waals surface area contributed by atoms with Crippen LogP contribution in [0.5, 0.6) is 0 Å². The lowest BCUT2D eigenvalue weighted by Gasteiger charge is -2.37. The molecule has 0 fully saturated rings. The van der Waals surface area contributed by atoms with Crippen molar-refractivity contribution in [3.63, 3.8) is 0 Å². The molecular weight excluding hydrogens is 1210 g/mol. The van der Waals surface area contributed by atoms with Gasteiger partial charge in [0.2, 0.25) is 0 Å². The van der Waals surface area contributed by atoms with Crippen molar-refractivity contribution in [1.29, 1.82) is 0 Å². The summed E-state index contributed by atoms with van der Waals surface area (Å²) in [5.41, 5.74) is 21.4. The van der Waals surface area contributed by atoms with Crippen molar-refractivity contribution >= 4 is 143 Å². The summed E-state index contributed by atoms with van der Waals surface area (Å²) in [5.74, 6) is 1.93. The van der Waals surface area contributed by atoms with Gasteiger partial charge in [-0.2, -0.15) is 0 Å². The number of rotatable bonds is 1. The Kier molecular flexibility index (Phi) is 10.3.